The number of hydrogen-bond acceptors (Lipinski definition) is 3. The number of hydrogen-bond donors (Lipinski definition) is 0. The number of ether oxygens (including phenoxy) is 1. The van der Waals surface area contributed by atoms with Gasteiger partial charge >= 0.3 is 5.97 Å². The Balaban J connectivity index is 1.76. The summed E-state index contributed by atoms with van der Waals surface area (Å²) >= 11 is 6.01. The Labute approximate surface area is 138 Å². The lowest BCUT2D eigenvalue weighted by molar-refractivity contribution is -0.134. The summed E-state index contributed by atoms with van der Waals surface area (Å²) in [4.78, 5) is 25.8. The molecule has 3 rings (SSSR count). The van der Waals surface area contributed by atoms with Gasteiger partial charge in [0.25, 0.3) is 5.91 Å². The van der Waals surface area contributed by atoms with Gasteiger partial charge in [-0.25, -0.2) is 4.79 Å². The Bertz CT molecular complexity index is 794. The van der Waals surface area contributed by atoms with E-state index in [2.05, 4.69) is 6.58 Å². The Kier molecular flexibility index (Phi) is 3.92. The van der Waals surface area contributed by atoms with Crippen molar-refractivity contribution in [2.45, 2.75) is 6.92 Å². The smallest absolute Gasteiger partial charge is 0.331 e. The summed E-state index contributed by atoms with van der Waals surface area (Å²) in [5, 5.41) is 0.346. The van der Waals surface area contributed by atoms with Gasteiger partial charge in [-0.3, -0.25) is 9.69 Å². The quantitative estimate of drug-likeness (QED) is 0.638. The molecule has 0 spiro atoms. The third kappa shape index (κ3) is 2.85. The Morgan fingerprint density at radius 2 is 1.91 bits per heavy atom. The highest BCUT2D eigenvalue weighted by atomic mass is 35.5. The van der Waals surface area contributed by atoms with Crippen LogP contribution >= 0.6 is 11.6 Å². The first-order chi connectivity index (χ1) is 11.0. The molecular weight excluding hydrogens is 314 g/mol. The maximum absolute atomic E-state index is 12.3. The lowest BCUT2D eigenvalue weighted by Gasteiger charge is -2.16. The summed E-state index contributed by atoms with van der Waals surface area (Å²) in [5.74, 6) is -0.538. The maximum atomic E-state index is 12.3. The zero-order valence-corrected chi connectivity index (χ0v) is 13.3. The van der Waals surface area contributed by atoms with E-state index in [0.717, 1.165) is 11.1 Å². The minimum atomic E-state index is -0.570. The number of rotatable bonds is 3. The molecule has 0 atom stereocenters. The average Bonchev–Trinajstić information content (AvgIpc) is 2.76. The third-order valence-corrected chi connectivity index (χ3v) is 3.95. The number of carbonyl (C=O) groups excluding carboxylic acids is 2. The third-order valence-electron chi connectivity index (χ3n) is 3.64. The zero-order chi connectivity index (χ0) is 16.6. The summed E-state index contributed by atoms with van der Waals surface area (Å²) in [7, 11) is 0. The van der Waals surface area contributed by atoms with Crippen LogP contribution in [0.4, 0.5) is 0 Å². The molecule has 5 heteroatoms. The lowest BCUT2D eigenvalue weighted by Crippen LogP contribution is -2.31. The monoisotopic (exact) mass is 327 g/mol. The molecule has 1 aliphatic rings. The molecule has 2 aromatic rings. The molecule has 0 aliphatic carbocycles. The minimum Gasteiger partial charge on any atom is -0.424 e. The van der Waals surface area contributed by atoms with Gasteiger partial charge < -0.3 is 4.74 Å². The molecule has 23 heavy (non-hydrogen) atoms. The number of esters is 1. The molecule has 1 aliphatic heterocycles. The summed E-state index contributed by atoms with van der Waals surface area (Å²) < 4.78 is 5.28. The highest BCUT2D eigenvalue weighted by Crippen LogP contribution is 2.31. The normalized spacial score (nSPS) is 13.2. The molecule has 0 saturated heterocycles. The van der Waals surface area contributed by atoms with Crippen LogP contribution in [-0.2, 0) is 4.79 Å². The van der Waals surface area contributed by atoms with Crippen molar-refractivity contribution in [2.75, 3.05) is 6.54 Å². The molecule has 0 bridgehead atoms. The second-order valence-electron chi connectivity index (χ2n) is 5.29. The van der Waals surface area contributed by atoms with E-state index in [1.165, 1.54) is 4.90 Å². The fraction of sp³-hybridized carbons (Fsp3) is 0.111. The first-order valence-electron chi connectivity index (χ1n) is 7.04. The van der Waals surface area contributed by atoms with Crippen LogP contribution < -0.4 is 4.74 Å². The van der Waals surface area contributed by atoms with Crippen molar-refractivity contribution in [2.24, 2.45) is 0 Å². The topological polar surface area (TPSA) is 46.6 Å². The minimum absolute atomic E-state index is 0.212. The van der Waals surface area contributed by atoms with Gasteiger partial charge in [0.2, 0.25) is 0 Å². The second-order valence-corrected chi connectivity index (χ2v) is 5.70. The van der Waals surface area contributed by atoms with E-state index in [0.29, 0.717) is 16.3 Å². The molecule has 0 fully saturated rings. The van der Waals surface area contributed by atoms with Crippen LogP contribution in [0.3, 0.4) is 0 Å². The molecule has 2 aromatic carbocycles. The van der Waals surface area contributed by atoms with Gasteiger partial charge in [0.05, 0.1) is 5.02 Å². The molecule has 0 unspecified atom stereocenters. The first kappa shape index (κ1) is 15.3. The van der Waals surface area contributed by atoms with E-state index in [9.17, 15) is 9.59 Å². The average molecular weight is 328 g/mol. The molecule has 1 amide bonds. The zero-order valence-electron chi connectivity index (χ0n) is 12.5. The molecule has 1 heterocycles. The van der Waals surface area contributed by atoms with E-state index in [1.807, 2.05) is 19.1 Å². The number of nitrogens with zero attached hydrogens (tertiary/aromatic N) is 1. The van der Waals surface area contributed by atoms with Gasteiger partial charge in [0.1, 0.15) is 12.3 Å². The fourth-order valence-electron chi connectivity index (χ4n) is 2.47. The van der Waals surface area contributed by atoms with Gasteiger partial charge in [-0.1, -0.05) is 42.4 Å². The molecule has 4 nitrogen and oxygen atoms in total. The molecule has 116 valence electrons. The lowest BCUT2D eigenvalue weighted by atomic mass is 10.1. The van der Waals surface area contributed by atoms with Gasteiger partial charge in [-0.2, -0.15) is 0 Å². The van der Waals surface area contributed by atoms with Crippen LogP contribution in [0.15, 0.2) is 49.0 Å². The van der Waals surface area contributed by atoms with E-state index in [-0.39, 0.29) is 18.2 Å². The SMILES string of the molecule is C=C1c2ccccc2C(=O)N1CC(=O)Oc1cc(C)ccc1Cl. The van der Waals surface area contributed by atoms with Crippen molar-refractivity contribution in [3.05, 3.63) is 70.8 Å². The van der Waals surface area contributed by atoms with E-state index < -0.39 is 5.97 Å². The summed E-state index contributed by atoms with van der Waals surface area (Å²) in [6, 6.07) is 12.3. The number of benzene rings is 2. The molecule has 0 radical (unpaired) electrons. The number of amides is 1. The Hall–Kier alpha value is -2.59. The number of halogens is 1. The van der Waals surface area contributed by atoms with Gasteiger partial charge in [0.15, 0.2) is 0 Å². The van der Waals surface area contributed by atoms with Crippen LogP contribution in [0.5, 0.6) is 5.75 Å². The number of fused-ring (bicyclic) bond motifs is 1. The van der Waals surface area contributed by atoms with Crippen LogP contribution in [0, 0.1) is 6.92 Å². The van der Waals surface area contributed by atoms with Crippen molar-refractivity contribution >= 4 is 29.2 Å². The standard InChI is InChI=1S/C18H14ClNO3/c1-11-7-8-15(19)16(9-11)23-17(21)10-20-12(2)13-5-3-4-6-14(13)18(20)22/h3-9H,2,10H2,1H3. The first-order valence-corrected chi connectivity index (χ1v) is 7.42. The predicted molar refractivity (Wildman–Crippen MR) is 88.3 cm³/mol. The molecule has 0 N–H and O–H groups in total. The van der Waals surface area contributed by atoms with Crippen molar-refractivity contribution in [1.82, 2.24) is 4.90 Å². The molecular formula is C18H14ClNO3. The van der Waals surface area contributed by atoms with E-state index in [4.69, 9.17) is 16.3 Å². The second kappa shape index (κ2) is 5.89. The highest BCUT2D eigenvalue weighted by Gasteiger charge is 2.32. The van der Waals surface area contributed by atoms with Crippen LogP contribution in [-0.4, -0.2) is 23.3 Å². The Morgan fingerprint density at radius 3 is 2.61 bits per heavy atom. The van der Waals surface area contributed by atoms with E-state index >= 15 is 0 Å². The predicted octanol–water partition coefficient (Wildman–Crippen LogP) is 3.68. The van der Waals surface area contributed by atoms with E-state index in [1.54, 1.807) is 30.3 Å². The number of aryl methyl sites for hydroxylation is 1. The van der Waals surface area contributed by atoms with Crippen LogP contribution in [0.2, 0.25) is 5.02 Å². The van der Waals surface area contributed by atoms with Crippen molar-refractivity contribution in [3.8, 4) is 5.75 Å². The van der Waals surface area contributed by atoms with Crippen molar-refractivity contribution in [3.63, 3.8) is 0 Å². The van der Waals surface area contributed by atoms with Crippen molar-refractivity contribution in [1.29, 1.82) is 0 Å². The maximum Gasteiger partial charge on any atom is 0.331 e. The molecule has 0 aromatic heterocycles. The Morgan fingerprint density at radius 1 is 1.22 bits per heavy atom. The molecule has 0 saturated carbocycles. The van der Waals surface area contributed by atoms with Crippen molar-refractivity contribution < 1.29 is 14.3 Å². The van der Waals surface area contributed by atoms with Crippen LogP contribution in [0.25, 0.3) is 5.70 Å². The van der Waals surface area contributed by atoms with Crippen LogP contribution in [0.1, 0.15) is 21.5 Å². The summed E-state index contributed by atoms with van der Waals surface area (Å²) in [6.45, 7) is 5.55. The van der Waals surface area contributed by atoms with Gasteiger partial charge in [0, 0.05) is 16.8 Å². The summed E-state index contributed by atoms with van der Waals surface area (Å²) in [6.07, 6.45) is 0. The largest absolute Gasteiger partial charge is 0.424 e. The van der Waals surface area contributed by atoms with Gasteiger partial charge in [-0.05, 0) is 30.7 Å². The van der Waals surface area contributed by atoms with Gasteiger partial charge in [-0.15, -0.1) is 0 Å². The fourth-order valence-corrected chi connectivity index (χ4v) is 2.63. The number of carbonyl (C=O) groups is 2. The highest BCUT2D eigenvalue weighted by molar-refractivity contribution is 6.32. The summed E-state index contributed by atoms with van der Waals surface area (Å²) in [5.41, 5.74) is 2.70.